The predicted molar refractivity (Wildman–Crippen MR) is 40.7 cm³/mol. The van der Waals surface area contributed by atoms with Crippen LogP contribution in [0, 0.1) is 0 Å². The smallest absolute Gasteiger partial charge is 0.219 e. The van der Waals surface area contributed by atoms with Gasteiger partial charge in [0, 0.05) is 11.8 Å². The van der Waals surface area contributed by atoms with Gasteiger partial charge < -0.3 is 0 Å². The number of nitrogens with zero attached hydrogens (tertiary/aromatic N) is 4. The van der Waals surface area contributed by atoms with Gasteiger partial charge in [0.1, 0.15) is 12.0 Å². The molecule has 0 aromatic heterocycles. The van der Waals surface area contributed by atoms with E-state index in [1.807, 2.05) is 0 Å². The molecule has 2 aliphatic rings. The summed E-state index contributed by atoms with van der Waals surface area (Å²) in [5, 5.41) is 0.180. The summed E-state index contributed by atoms with van der Waals surface area (Å²) in [4.78, 5) is 11.6. The second kappa shape index (κ2) is 2.32. The zero-order chi connectivity index (χ0) is 7.84. The van der Waals surface area contributed by atoms with Crippen LogP contribution in [0.2, 0.25) is 5.28 Å². The molecule has 0 amide bonds. The molecule has 11 heavy (non-hydrogen) atoms. The predicted octanol–water partition coefficient (Wildman–Crippen LogP) is 1.43. The highest BCUT2D eigenvalue weighted by Gasteiger charge is 2.09. The molecule has 0 N–H and O–H groups in total. The van der Waals surface area contributed by atoms with Gasteiger partial charge in [0.05, 0.1) is 6.20 Å². The SMILES string of the molecule is Clc1nc2ncnc-2cn1Cl. The number of hydrogen-bond donors (Lipinski definition) is 0. The van der Waals surface area contributed by atoms with Crippen molar-refractivity contribution in [3.05, 3.63) is 17.8 Å². The summed E-state index contributed by atoms with van der Waals surface area (Å²) in [6, 6.07) is 0. The molecular formula is C5H2Cl2N4. The number of aromatic nitrogens is 4. The highest BCUT2D eigenvalue weighted by atomic mass is 35.5. The van der Waals surface area contributed by atoms with Gasteiger partial charge in [-0.15, -0.1) is 0 Å². The van der Waals surface area contributed by atoms with Crippen LogP contribution in [0.5, 0.6) is 0 Å². The van der Waals surface area contributed by atoms with Crippen molar-refractivity contribution in [3.8, 4) is 11.5 Å². The molecule has 6 heteroatoms. The van der Waals surface area contributed by atoms with Crippen molar-refractivity contribution >= 4 is 23.4 Å². The summed E-state index contributed by atoms with van der Waals surface area (Å²) in [7, 11) is 0. The topological polar surface area (TPSA) is 43.6 Å². The minimum atomic E-state index is 0.180. The Hall–Kier alpha value is -0.870. The lowest BCUT2D eigenvalue weighted by Gasteiger charge is -1.99. The number of hydrogen-bond acceptors (Lipinski definition) is 3. The Morgan fingerprint density at radius 2 is 2.18 bits per heavy atom. The molecule has 0 unspecified atom stereocenters. The average Bonchev–Trinajstić information content (AvgIpc) is 2.36. The summed E-state index contributed by atoms with van der Waals surface area (Å²) in [5.74, 6) is 0.506. The third-order valence-electron chi connectivity index (χ3n) is 1.22. The highest BCUT2D eigenvalue weighted by molar-refractivity contribution is 6.32. The van der Waals surface area contributed by atoms with Crippen LogP contribution in [0.4, 0.5) is 0 Å². The first kappa shape index (κ1) is 6.82. The first-order valence-corrected chi connectivity index (χ1v) is 3.51. The minimum Gasteiger partial charge on any atom is -0.231 e. The zero-order valence-corrected chi connectivity index (χ0v) is 6.71. The van der Waals surface area contributed by atoms with Gasteiger partial charge in [0.25, 0.3) is 0 Å². The molecule has 0 fully saturated rings. The van der Waals surface area contributed by atoms with Crippen LogP contribution in [0.25, 0.3) is 11.5 Å². The second-order valence-corrected chi connectivity index (χ2v) is 2.61. The molecule has 0 aliphatic carbocycles. The summed E-state index contributed by atoms with van der Waals surface area (Å²) in [6.07, 6.45) is 2.96. The van der Waals surface area contributed by atoms with E-state index in [1.54, 1.807) is 6.20 Å². The van der Waals surface area contributed by atoms with Gasteiger partial charge in [0.2, 0.25) is 5.28 Å². The average molecular weight is 189 g/mol. The van der Waals surface area contributed by atoms with Gasteiger partial charge in [-0.25, -0.2) is 14.1 Å². The Labute approximate surface area is 72.3 Å². The van der Waals surface area contributed by atoms with Gasteiger partial charge >= 0.3 is 0 Å². The van der Waals surface area contributed by atoms with Crippen molar-refractivity contribution in [1.82, 2.24) is 19.0 Å². The molecule has 0 aromatic rings. The molecule has 0 aromatic carbocycles. The van der Waals surface area contributed by atoms with Gasteiger partial charge in [-0.05, 0) is 11.6 Å². The van der Waals surface area contributed by atoms with Crippen LogP contribution in [-0.4, -0.2) is 19.0 Å². The molecule has 2 rings (SSSR count). The quantitative estimate of drug-likeness (QED) is 0.588. The lowest BCUT2D eigenvalue weighted by Crippen LogP contribution is -1.93. The summed E-state index contributed by atoms with van der Waals surface area (Å²) in [5.41, 5.74) is 0.629. The lowest BCUT2D eigenvalue weighted by atomic mass is 10.4. The zero-order valence-electron chi connectivity index (χ0n) is 5.20. The third-order valence-corrected chi connectivity index (χ3v) is 1.83. The van der Waals surface area contributed by atoms with Crippen LogP contribution in [0.15, 0.2) is 12.5 Å². The molecule has 0 bridgehead atoms. The molecule has 0 saturated carbocycles. The Morgan fingerprint density at radius 3 is 3.00 bits per heavy atom. The normalized spacial score (nSPS) is 10.7. The highest BCUT2D eigenvalue weighted by Crippen LogP contribution is 2.17. The van der Waals surface area contributed by atoms with Crippen LogP contribution in [0.1, 0.15) is 0 Å². The Morgan fingerprint density at radius 1 is 1.36 bits per heavy atom. The number of rotatable bonds is 0. The van der Waals surface area contributed by atoms with Gasteiger partial charge in [-0.1, -0.05) is 0 Å². The van der Waals surface area contributed by atoms with E-state index >= 15 is 0 Å². The lowest BCUT2D eigenvalue weighted by molar-refractivity contribution is 1.07. The van der Waals surface area contributed by atoms with E-state index in [0.29, 0.717) is 11.5 Å². The van der Waals surface area contributed by atoms with Crippen molar-refractivity contribution in [1.29, 1.82) is 0 Å². The van der Waals surface area contributed by atoms with Crippen molar-refractivity contribution < 1.29 is 0 Å². The van der Waals surface area contributed by atoms with Crippen LogP contribution in [0.3, 0.4) is 0 Å². The molecule has 2 heterocycles. The van der Waals surface area contributed by atoms with Crippen molar-refractivity contribution in [3.63, 3.8) is 0 Å². The van der Waals surface area contributed by atoms with Gasteiger partial charge in [-0.3, -0.25) is 0 Å². The monoisotopic (exact) mass is 188 g/mol. The molecule has 0 saturated heterocycles. The summed E-state index contributed by atoms with van der Waals surface area (Å²) in [6.45, 7) is 0. The molecule has 2 aliphatic heterocycles. The van der Waals surface area contributed by atoms with E-state index < -0.39 is 0 Å². The van der Waals surface area contributed by atoms with Crippen LogP contribution < -0.4 is 0 Å². The van der Waals surface area contributed by atoms with Gasteiger partial charge in [-0.2, -0.15) is 4.98 Å². The van der Waals surface area contributed by atoms with E-state index in [9.17, 15) is 0 Å². The molecular weight excluding hydrogens is 187 g/mol. The fourth-order valence-electron chi connectivity index (χ4n) is 0.743. The van der Waals surface area contributed by atoms with E-state index in [4.69, 9.17) is 23.4 Å². The Balaban J connectivity index is 2.77. The Bertz CT molecular complexity index is 325. The summed E-state index contributed by atoms with van der Waals surface area (Å²) >= 11 is 11.2. The number of fused-ring (bicyclic) bond motifs is 1. The minimum absolute atomic E-state index is 0.180. The van der Waals surface area contributed by atoms with Crippen molar-refractivity contribution in [2.24, 2.45) is 0 Å². The number of halogens is 2. The molecule has 0 atom stereocenters. The standard InChI is InChI=1S/C5H2Cl2N4/c6-5-10-4-3(1-11(5)7)8-2-9-4/h1-2H. The second-order valence-electron chi connectivity index (χ2n) is 1.90. The number of imidazole rings is 1. The van der Waals surface area contributed by atoms with Crippen molar-refractivity contribution in [2.75, 3.05) is 0 Å². The molecule has 0 radical (unpaired) electrons. The molecule has 0 spiro atoms. The maximum atomic E-state index is 5.60. The van der Waals surface area contributed by atoms with Crippen molar-refractivity contribution in [2.45, 2.75) is 0 Å². The third kappa shape index (κ3) is 1.04. The van der Waals surface area contributed by atoms with Gasteiger partial charge in [0.15, 0.2) is 5.82 Å². The van der Waals surface area contributed by atoms with Crippen LogP contribution >= 0.6 is 23.4 Å². The maximum Gasteiger partial charge on any atom is 0.219 e. The van der Waals surface area contributed by atoms with E-state index in [-0.39, 0.29) is 5.28 Å². The van der Waals surface area contributed by atoms with E-state index in [1.165, 1.54) is 10.4 Å². The summed E-state index contributed by atoms with van der Waals surface area (Å²) < 4.78 is 1.17. The first-order chi connectivity index (χ1) is 5.27. The van der Waals surface area contributed by atoms with E-state index in [0.717, 1.165) is 0 Å². The molecule has 4 nitrogen and oxygen atoms in total. The fourth-order valence-corrected chi connectivity index (χ4v) is 1.00. The molecule has 56 valence electrons. The maximum absolute atomic E-state index is 5.60. The van der Waals surface area contributed by atoms with E-state index in [2.05, 4.69) is 15.0 Å². The van der Waals surface area contributed by atoms with Crippen LogP contribution in [-0.2, 0) is 0 Å². The first-order valence-electron chi connectivity index (χ1n) is 2.79. The Kier molecular flexibility index (Phi) is 1.44. The largest absolute Gasteiger partial charge is 0.231 e. The fraction of sp³-hybridized carbons (Fsp3) is 0.